The van der Waals surface area contributed by atoms with E-state index in [4.69, 9.17) is 0 Å². The summed E-state index contributed by atoms with van der Waals surface area (Å²) in [4.78, 5) is 2.49. The van der Waals surface area contributed by atoms with E-state index in [-0.39, 0.29) is 41.7 Å². The summed E-state index contributed by atoms with van der Waals surface area (Å²) in [5, 5.41) is 23.7. The predicted molar refractivity (Wildman–Crippen MR) is 110 cm³/mol. The number of likely N-dealkylation sites (N-methyl/N-ethyl adjacent to an activating group) is 1. The fraction of sp³-hybridized carbons (Fsp3) is 0.750. The van der Waals surface area contributed by atoms with Crippen molar-refractivity contribution in [2.45, 2.75) is 81.8 Å². The Morgan fingerprint density at radius 2 is 1.93 bits per heavy atom. The summed E-state index contributed by atoms with van der Waals surface area (Å²) in [6.45, 7) is 5.59. The maximum absolute atomic E-state index is 12.0. The van der Waals surface area contributed by atoms with E-state index in [0.29, 0.717) is 35.9 Å². The van der Waals surface area contributed by atoms with Gasteiger partial charge in [-0.1, -0.05) is 38.5 Å². The lowest BCUT2D eigenvalue weighted by atomic mass is 9.60. The lowest BCUT2D eigenvalue weighted by Crippen LogP contribution is -3.00. The fourth-order valence-electron chi connectivity index (χ4n) is 9.27. The van der Waals surface area contributed by atoms with Gasteiger partial charge in [0.15, 0.2) is 6.23 Å². The minimum Gasteiger partial charge on any atom is -1.00 e. The molecule has 6 aliphatic rings. The Kier molecular flexibility index (Phi) is 4.65. The molecular weight excluding hydrogens is 475 g/mol. The van der Waals surface area contributed by atoms with Crippen LogP contribution in [0.1, 0.15) is 51.5 Å². The molecule has 10 atom stereocenters. The summed E-state index contributed by atoms with van der Waals surface area (Å²) in [6.07, 6.45) is 5.09. The molecule has 5 heterocycles. The number of aliphatic hydroxyl groups excluding tert-OH is 2. The summed E-state index contributed by atoms with van der Waals surface area (Å²) < 4.78 is 0.884. The van der Waals surface area contributed by atoms with Gasteiger partial charge in [-0.2, -0.15) is 0 Å². The molecule has 2 N–H and O–H groups in total. The molecule has 0 aromatic heterocycles. The van der Waals surface area contributed by atoms with Crippen molar-refractivity contribution in [1.82, 2.24) is 0 Å². The van der Waals surface area contributed by atoms with E-state index < -0.39 is 0 Å². The van der Waals surface area contributed by atoms with Gasteiger partial charge in [0.2, 0.25) is 0 Å². The van der Waals surface area contributed by atoms with Crippen LogP contribution in [0.3, 0.4) is 0 Å². The van der Waals surface area contributed by atoms with E-state index in [1.807, 2.05) is 0 Å². The van der Waals surface area contributed by atoms with Crippen LogP contribution in [0.4, 0.5) is 5.69 Å². The van der Waals surface area contributed by atoms with E-state index in [9.17, 15) is 10.2 Å². The smallest absolute Gasteiger partial charge is 0.194 e. The van der Waals surface area contributed by atoms with Gasteiger partial charge >= 0.3 is 0 Å². The summed E-state index contributed by atoms with van der Waals surface area (Å²) in [6, 6.07) is 10.00. The maximum atomic E-state index is 12.0. The van der Waals surface area contributed by atoms with Crippen molar-refractivity contribution >= 4 is 5.69 Å². The number of hydrogen-bond acceptors (Lipinski definition) is 3. The standard InChI is InChI=1S/C24H35N2O2.HI/c1-4-6-11-26-18-12-15(14(5-2)23(26)28)20-19(26)13-24(22(20)27)16-9-7-8-10-17(16)25(3)21(18)24;/h7-10,14-15,18-23,27-28H,4-6,11-13H2,1-3H3;1H/q+1;/p-1/t14-,15-,18-,19-,20-,21-,22+,23+,24+,26?;/m0./s1. The molecule has 1 aromatic rings. The van der Waals surface area contributed by atoms with Crippen LogP contribution in [0.25, 0.3) is 0 Å². The van der Waals surface area contributed by atoms with Crippen LogP contribution in [-0.4, -0.2) is 58.7 Å². The van der Waals surface area contributed by atoms with Gasteiger partial charge in [-0.15, -0.1) is 0 Å². The highest BCUT2D eigenvalue weighted by Crippen LogP contribution is 2.71. The van der Waals surface area contributed by atoms with Crippen molar-refractivity contribution < 1.29 is 38.7 Å². The number of hydrogen-bond donors (Lipinski definition) is 2. The Morgan fingerprint density at radius 1 is 1.17 bits per heavy atom. The van der Waals surface area contributed by atoms with Gasteiger partial charge in [0.1, 0.15) is 6.04 Å². The van der Waals surface area contributed by atoms with Crippen molar-refractivity contribution in [3.05, 3.63) is 29.8 Å². The molecule has 29 heavy (non-hydrogen) atoms. The van der Waals surface area contributed by atoms with Crippen molar-refractivity contribution in [1.29, 1.82) is 0 Å². The molecule has 0 amide bonds. The third kappa shape index (κ3) is 2.03. The Hall–Kier alpha value is -0.370. The lowest BCUT2D eigenvalue weighted by molar-refractivity contribution is -1.04. The normalized spacial score (nSPS) is 50.4. The second-order valence-electron chi connectivity index (χ2n) is 10.4. The number of anilines is 1. The molecule has 4 nitrogen and oxygen atoms in total. The average Bonchev–Trinajstić information content (AvgIpc) is 3.09. The van der Waals surface area contributed by atoms with E-state index >= 15 is 0 Å². The van der Waals surface area contributed by atoms with Gasteiger partial charge in [-0.3, -0.25) is 4.48 Å². The van der Waals surface area contributed by atoms with Gasteiger partial charge in [-0.05, 0) is 30.4 Å². The molecular formula is C24H35IN2O2. The molecule has 5 aliphatic heterocycles. The number of fused-ring (bicyclic) bond motifs is 2. The number of benzene rings is 1. The van der Waals surface area contributed by atoms with Gasteiger partial charge in [-0.25, -0.2) is 0 Å². The summed E-state index contributed by atoms with van der Waals surface area (Å²) in [5.74, 6) is 1.18. The molecule has 1 aromatic carbocycles. The average molecular weight is 510 g/mol. The topological polar surface area (TPSA) is 43.7 Å². The summed E-state index contributed by atoms with van der Waals surface area (Å²) >= 11 is 0. The van der Waals surface area contributed by atoms with E-state index in [2.05, 4.69) is 50.1 Å². The van der Waals surface area contributed by atoms with Crippen LogP contribution in [0, 0.1) is 17.8 Å². The van der Waals surface area contributed by atoms with E-state index in [0.717, 1.165) is 23.9 Å². The number of para-hydroxylation sites is 1. The van der Waals surface area contributed by atoms with Gasteiger partial charge in [0, 0.05) is 37.4 Å². The Labute approximate surface area is 191 Å². The SMILES string of the molecule is CCCC[N+]12[C@H](O)[C@@H](CC)[C@@H]3C[C@H]1[C@@H]1N(C)c4ccccc4[C@]14C[C@H]2[C@H]3[C@H]4O.[I-]. The first-order valence-corrected chi connectivity index (χ1v) is 11.6. The molecule has 4 saturated heterocycles. The monoisotopic (exact) mass is 510 g/mol. The summed E-state index contributed by atoms with van der Waals surface area (Å²) in [5.41, 5.74) is 2.56. The second-order valence-corrected chi connectivity index (χ2v) is 10.4. The van der Waals surface area contributed by atoms with Crippen LogP contribution in [0.5, 0.6) is 0 Å². The van der Waals surface area contributed by atoms with Gasteiger partial charge in [0.25, 0.3) is 0 Å². The highest BCUT2D eigenvalue weighted by molar-refractivity contribution is 5.66. The van der Waals surface area contributed by atoms with Crippen LogP contribution < -0.4 is 28.9 Å². The number of quaternary nitrogens is 1. The highest BCUT2D eigenvalue weighted by atomic mass is 127. The van der Waals surface area contributed by atoms with Crippen molar-refractivity contribution in [3.8, 4) is 0 Å². The fourth-order valence-corrected chi connectivity index (χ4v) is 9.27. The zero-order chi connectivity index (χ0) is 19.4. The number of unbranched alkanes of at least 4 members (excludes halogenated alkanes) is 1. The van der Waals surface area contributed by atoms with Crippen molar-refractivity contribution in [2.24, 2.45) is 17.8 Å². The third-order valence-electron chi connectivity index (χ3n) is 10.0. The first kappa shape index (κ1) is 20.5. The number of halogens is 1. The zero-order valence-corrected chi connectivity index (χ0v) is 20.0. The predicted octanol–water partition coefficient (Wildman–Crippen LogP) is -0.127. The largest absolute Gasteiger partial charge is 1.00 e. The minimum absolute atomic E-state index is 0. The molecule has 1 unspecified atom stereocenters. The number of nitrogens with zero attached hydrogens (tertiary/aromatic N) is 2. The van der Waals surface area contributed by atoms with Crippen LogP contribution in [0.15, 0.2) is 24.3 Å². The molecule has 1 spiro atoms. The molecule has 1 aliphatic carbocycles. The molecule has 1 saturated carbocycles. The molecule has 5 heteroatoms. The Balaban J connectivity index is 0.00000181. The quantitative estimate of drug-likeness (QED) is 0.439. The number of rotatable bonds is 4. The molecule has 5 bridgehead atoms. The van der Waals surface area contributed by atoms with E-state index in [1.54, 1.807) is 0 Å². The maximum Gasteiger partial charge on any atom is 0.194 e. The molecule has 5 fully saturated rings. The molecule has 0 radical (unpaired) electrons. The van der Waals surface area contributed by atoms with Gasteiger partial charge in [0.05, 0.1) is 30.1 Å². The zero-order valence-electron chi connectivity index (χ0n) is 17.8. The lowest BCUT2D eigenvalue weighted by Gasteiger charge is -2.68. The minimum atomic E-state index is -0.272. The van der Waals surface area contributed by atoms with Gasteiger partial charge < -0.3 is 39.1 Å². The highest BCUT2D eigenvalue weighted by Gasteiger charge is 2.82. The molecule has 7 rings (SSSR count). The Bertz CT molecular complexity index is 820. The van der Waals surface area contributed by atoms with Crippen molar-refractivity contribution in [3.63, 3.8) is 0 Å². The van der Waals surface area contributed by atoms with Crippen LogP contribution in [-0.2, 0) is 5.41 Å². The third-order valence-corrected chi connectivity index (χ3v) is 10.0. The number of piperidine rings is 4. The number of aliphatic hydroxyl groups is 2. The first-order chi connectivity index (χ1) is 13.5. The van der Waals surface area contributed by atoms with Crippen LogP contribution in [0.2, 0.25) is 0 Å². The first-order valence-electron chi connectivity index (χ1n) is 11.6. The Morgan fingerprint density at radius 3 is 2.66 bits per heavy atom. The van der Waals surface area contributed by atoms with Crippen molar-refractivity contribution in [2.75, 3.05) is 18.5 Å². The summed E-state index contributed by atoms with van der Waals surface area (Å²) in [7, 11) is 2.24. The second kappa shape index (κ2) is 6.57. The van der Waals surface area contributed by atoms with E-state index in [1.165, 1.54) is 30.5 Å². The van der Waals surface area contributed by atoms with Crippen LogP contribution >= 0.6 is 0 Å². The molecule has 160 valence electrons.